The van der Waals surface area contributed by atoms with Crippen LogP contribution in [-0.4, -0.2) is 13.2 Å². The number of hydrogen-bond acceptors (Lipinski definition) is 3. The fraction of sp³-hybridized carbons (Fsp3) is 0.250. The topological polar surface area (TPSA) is 30.5 Å². The molecule has 104 valence electrons. The van der Waals surface area contributed by atoms with Crippen LogP contribution in [0.1, 0.15) is 11.1 Å². The van der Waals surface area contributed by atoms with Crippen LogP contribution in [0.25, 0.3) is 0 Å². The van der Waals surface area contributed by atoms with E-state index in [-0.39, 0.29) is 0 Å². The number of halogens is 1. The maximum Gasteiger partial charge on any atom is 0.179 e. The molecule has 1 N–H and O–H groups in total. The van der Waals surface area contributed by atoms with E-state index in [0.717, 1.165) is 17.0 Å². The van der Waals surface area contributed by atoms with Crippen molar-refractivity contribution in [3.63, 3.8) is 0 Å². The van der Waals surface area contributed by atoms with Gasteiger partial charge in [0.25, 0.3) is 0 Å². The van der Waals surface area contributed by atoms with Gasteiger partial charge in [0.2, 0.25) is 0 Å². The summed E-state index contributed by atoms with van der Waals surface area (Å²) in [5.41, 5.74) is 3.41. The third-order valence-electron chi connectivity index (χ3n) is 3.28. The Bertz CT molecular complexity index is 628. The lowest BCUT2D eigenvalue weighted by molar-refractivity contribution is 0.171. The quantitative estimate of drug-likeness (QED) is 0.925. The first kappa shape index (κ1) is 13.1. The fourth-order valence-corrected chi connectivity index (χ4v) is 2.52. The lowest BCUT2D eigenvalue weighted by Gasteiger charge is -2.20. The van der Waals surface area contributed by atoms with Gasteiger partial charge in [-0.05, 0) is 36.2 Å². The monoisotopic (exact) mass is 289 g/mol. The number of fused-ring (bicyclic) bond motifs is 1. The number of ether oxygens (including phenoxy) is 2. The summed E-state index contributed by atoms with van der Waals surface area (Å²) in [5, 5.41) is 4.01. The van der Waals surface area contributed by atoms with Crippen LogP contribution >= 0.6 is 11.6 Å². The van der Waals surface area contributed by atoms with E-state index < -0.39 is 0 Å². The lowest BCUT2D eigenvalue weighted by Crippen LogP contribution is -2.16. The number of nitrogens with one attached hydrogen (secondary N) is 1. The molecule has 20 heavy (non-hydrogen) atoms. The molecule has 0 radical (unpaired) electrons. The number of benzene rings is 2. The highest BCUT2D eigenvalue weighted by molar-refractivity contribution is 6.32. The first-order valence-electron chi connectivity index (χ1n) is 6.61. The highest BCUT2D eigenvalue weighted by atomic mass is 35.5. The van der Waals surface area contributed by atoms with Gasteiger partial charge in [-0.3, -0.25) is 0 Å². The van der Waals surface area contributed by atoms with Crippen molar-refractivity contribution in [1.29, 1.82) is 0 Å². The number of hydrogen-bond donors (Lipinski definition) is 1. The zero-order valence-electron chi connectivity index (χ0n) is 11.3. The Hall–Kier alpha value is -1.87. The predicted octanol–water partition coefficient (Wildman–Crippen LogP) is 4.03. The van der Waals surface area contributed by atoms with E-state index in [9.17, 15) is 0 Å². The van der Waals surface area contributed by atoms with Gasteiger partial charge < -0.3 is 14.8 Å². The molecule has 0 saturated heterocycles. The van der Waals surface area contributed by atoms with Crippen LogP contribution in [0.15, 0.2) is 36.4 Å². The van der Waals surface area contributed by atoms with Gasteiger partial charge in [-0.25, -0.2) is 0 Å². The van der Waals surface area contributed by atoms with E-state index in [1.807, 2.05) is 24.3 Å². The Morgan fingerprint density at radius 3 is 2.80 bits per heavy atom. The van der Waals surface area contributed by atoms with Gasteiger partial charge in [0, 0.05) is 12.2 Å². The molecule has 0 bridgehead atoms. The summed E-state index contributed by atoms with van der Waals surface area (Å²) in [4.78, 5) is 0. The summed E-state index contributed by atoms with van der Waals surface area (Å²) in [6.07, 6.45) is 0. The van der Waals surface area contributed by atoms with E-state index in [0.29, 0.717) is 30.5 Å². The van der Waals surface area contributed by atoms with E-state index in [1.165, 1.54) is 5.56 Å². The van der Waals surface area contributed by atoms with Gasteiger partial charge in [0.15, 0.2) is 11.5 Å². The molecule has 1 aliphatic rings. The third kappa shape index (κ3) is 2.68. The van der Waals surface area contributed by atoms with E-state index in [1.54, 1.807) is 0 Å². The summed E-state index contributed by atoms with van der Waals surface area (Å²) >= 11 is 6.23. The van der Waals surface area contributed by atoms with Crippen molar-refractivity contribution in [3.05, 3.63) is 52.5 Å². The van der Waals surface area contributed by atoms with Crippen molar-refractivity contribution >= 4 is 17.3 Å². The molecule has 0 atom stereocenters. The van der Waals surface area contributed by atoms with E-state index in [4.69, 9.17) is 21.1 Å². The van der Waals surface area contributed by atoms with Crippen molar-refractivity contribution in [2.45, 2.75) is 13.5 Å². The molecule has 1 heterocycles. The van der Waals surface area contributed by atoms with Gasteiger partial charge in [-0.2, -0.15) is 0 Å². The zero-order valence-corrected chi connectivity index (χ0v) is 12.0. The summed E-state index contributed by atoms with van der Waals surface area (Å²) in [6.45, 7) is 3.89. The average Bonchev–Trinajstić information content (AvgIpc) is 2.46. The first-order chi connectivity index (χ1) is 9.74. The van der Waals surface area contributed by atoms with Crippen LogP contribution in [0.5, 0.6) is 11.5 Å². The molecule has 0 amide bonds. The van der Waals surface area contributed by atoms with Gasteiger partial charge in [0.1, 0.15) is 13.2 Å². The molecular formula is C16H16ClNO2. The van der Waals surface area contributed by atoms with E-state index >= 15 is 0 Å². The molecular weight excluding hydrogens is 274 g/mol. The van der Waals surface area contributed by atoms with Crippen LogP contribution in [-0.2, 0) is 6.54 Å². The summed E-state index contributed by atoms with van der Waals surface area (Å²) in [7, 11) is 0. The summed E-state index contributed by atoms with van der Waals surface area (Å²) in [5.74, 6) is 1.38. The van der Waals surface area contributed by atoms with Crippen LogP contribution < -0.4 is 14.8 Å². The average molecular weight is 290 g/mol. The van der Waals surface area contributed by atoms with Crippen molar-refractivity contribution in [1.82, 2.24) is 0 Å². The van der Waals surface area contributed by atoms with E-state index in [2.05, 4.69) is 24.4 Å². The molecule has 0 unspecified atom stereocenters. The molecule has 0 aromatic heterocycles. The van der Waals surface area contributed by atoms with Crippen LogP contribution in [0, 0.1) is 6.92 Å². The van der Waals surface area contributed by atoms with Crippen molar-refractivity contribution in [2.75, 3.05) is 18.5 Å². The highest BCUT2D eigenvalue weighted by Gasteiger charge is 2.16. The van der Waals surface area contributed by atoms with Crippen LogP contribution in [0.2, 0.25) is 5.02 Å². The molecule has 1 aliphatic heterocycles. The van der Waals surface area contributed by atoms with Gasteiger partial charge in [-0.15, -0.1) is 0 Å². The number of para-hydroxylation sites is 1. The maximum atomic E-state index is 6.23. The minimum atomic E-state index is 0.549. The SMILES string of the molecule is Cc1ccccc1NCc1cc(Cl)c2c(c1)OCCO2. The molecule has 2 aromatic rings. The van der Waals surface area contributed by atoms with Crippen LogP contribution in [0.3, 0.4) is 0 Å². The Morgan fingerprint density at radius 2 is 1.95 bits per heavy atom. The lowest BCUT2D eigenvalue weighted by atomic mass is 10.1. The highest BCUT2D eigenvalue weighted by Crippen LogP contribution is 2.38. The molecule has 0 fully saturated rings. The zero-order chi connectivity index (χ0) is 13.9. The second-order valence-corrected chi connectivity index (χ2v) is 5.18. The largest absolute Gasteiger partial charge is 0.486 e. The number of anilines is 1. The standard InChI is InChI=1S/C16H16ClNO2/c1-11-4-2-3-5-14(11)18-10-12-8-13(17)16-15(9-12)19-6-7-20-16/h2-5,8-9,18H,6-7,10H2,1H3. The second kappa shape index (κ2) is 5.63. The molecule has 3 nitrogen and oxygen atoms in total. The normalized spacial score (nSPS) is 13.1. The second-order valence-electron chi connectivity index (χ2n) is 4.77. The van der Waals surface area contributed by atoms with Gasteiger partial charge in [0.05, 0.1) is 5.02 Å². The molecule has 2 aromatic carbocycles. The molecule has 3 rings (SSSR count). The molecule has 4 heteroatoms. The maximum absolute atomic E-state index is 6.23. The number of aryl methyl sites for hydroxylation is 1. The summed E-state index contributed by atoms with van der Waals surface area (Å²) in [6, 6.07) is 12.1. The van der Waals surface area contributed by atoms with Crippen molar-refractivity contribution < 1.29 is 9.47 Å². The van der Waals surface area contributed by atoms with Gasteiger partial charge >= 0.3 is 0 Å². The van der Waals surface area contributed by atoms with Crippen molar-refractivity contribution in [3.8, 4) is 11.5 Å². The van der Waals surface area contributed by atoms with Gasteiger partial charge in [-0.1, -0.05) is 29.8 Å². The Balaban J connectivity index is 1.78. The molecule has 0 saturated carbocycles. The molecule has 0 aliphatic carbocycles. The first-order valence-corrected chi connectivity index (χ1v) is 6.99. The van der Waals surface area contributed by atoms with Crippen LogP contribution in [0.4, 0.5) is 5.69 Å². The Kier molecular flexibility index (Phi) is 3.70. The van der Waals surface area contributed by atoms with Crippen molar-refractivity contribution in [2.24, 2.45) is 0 Å². The summed E-state index contributed by atoms with van der Waals surface area (Å²) < 4.78 is 11.1. The third-order valence-corrected chi connectivity index (χ3v) is 3.57. The fourth-order valence-electron chi connectivity index (χ4n) is 2.23. The molecule has 0 spiro atoms. The number of rotatable bonds is 3. The minimum absolute atomic E-state index is 0.549. The Labute approximate surface area is 123 Å². The Morgan fingerprint density at radius 1 is 1.15 bits per heavy atom. The minimum Gasteiger partial charge on any atom is -0.486 e. The predicted molar refractivity (Wildman–Crippen MR) is 80.9 cm³/mol. The smallest absolute Gasteiger partial charge is 0.179 e.